The number of benzene rings is 1. The molecule has 8 nitrogen and oxygen atoms in total. The average molecular weight is 351 g/mol. The second kappa shape index (κ2) is 7.36. The summed E-state index contributed by atoms with van der Waals surface area (Å²) in [7, 11) is 0. The fourth-order valence-corrected chi connectivity index (χ4v) is 2.39. The van der Waals surface area contributed by atoms with Crippen LogP contribution in [0.3, 0.4) is 0 Å². The topological polar surface area (TPSA) is 113 Å². The van der Waals surface area contributed by atoms with Crippen molar-refractivity contribution in [3.05, 3.63) is 54.0 Å². The Hall–Kier alpha value is -3.86. The van der Waals surface area contributed by atoms with Gasteiger partial charge in [0.05, 0.1) is 17.6 Å². The zero-order valence-electron chi connectivity index (χ0n) is 13.5. The van der Waals surface area contributed by atoms with Crippen LogP contribution in [0.1, 0.15) is 5.76 Å². The normalized spacial score (nSPS) is 13.4. The van der Waals surface area contributed by atoms with Crippen LogP contribution in [0.25, 0.3) is 6.08 Å². The number of rotatable bonds is 4. The van der Waals surface area contributed by atoms with E-state index in [1.165, 1.54) is 17.2 Å². The van der Waals surface area contributed by atoms with Crippen LogP contribution in [0.4, 0.5) is 11.4 Å². The van der Waals surface area contributed by atoms with Crippen molar-refractivity contribution in [3.8, 4) is 6.07 Å². The Morgan fingerprint density at radius 2 is 2.12 bits per heavy atom. The molecule has 1 aromatic heterocycles. The van der Waals surface area contributed by atoms with Crippen LogP contribution in [0, 0.1) is 11.3 Å². The van der Waals surface area contributed by atoms with E-state index in [1.54, 1.807) is 42.5 Å². The summed E-state index contributed by atoms with van der Waals surface area (Å²) in [5.74, 6) is -1.56. The van der Waals surface area contributed by atoms with Gasteiger partial charge in [0.25, 0.3) is 5.91 Å². The van der Waals surface area contributed by atoms with Gasteiger partial charge in [-0.1, -0.05) is 12.1 Å². The number of nitriles is 1. The maximum absolute atomic E-state index is 12.4. The Balaban J connectivity index is 1.68. The smallest absolute Gasteiger partial charge is 0.349 e. The molecule has 0 saturated carbocycles. The summed E-state index contributed by atoms with van der Waals surface area (Å²) in [5, 5.41) is 11.7. The molecule has 1 aliphatic heterocycles. The lowest BCUT2D eigenvalue weighted by Crippen LogP contribution is -2.44. The number of furan rings is 1. The number of carbonyl (C=O) groups excluding carboxylic acids is 3. The summed E-state index contributed by atoms with van der Waals surface area (Å²) in [6.07, 6.45) is 2.62. The summed E-state index contributed by atoms with van der Waals surface area (Å²) >= 11 is 0. The van der Waals surface area contributed by atoms with Crippen molar-refractivity contribution in [3.63, 3.8) is 0 Å². The lowest BCUT2D eigenvalue weighted by Gasteiger charge is -2.28. The van der Waals surface area contributed by atoms with Gasteiger partial charge in [-0.2, -0.15) is 5.26 Å². The fraction of sp³-hybridized carbons (Fsp3) is 0.111. The van der Waals surface area contributed by atoms with E-state index < -0.39 is 18.5 Å². The molecule has 3 rings (SSSR count). The van der Waals surface area contributed by atoms with Crippen LogP contribution in [0.15, 0.2) is 52.7 Å². The zero-order valence-corrected chi connectivity index (χ0v) is 13.5. The molecule has 26 heavy (non-hydrogen) atoms. The number of nitrogens with one attached hydrogen (secondary N) is 1. The number of fused-ring (bicyclic) bond motifs is 1. The van der Waals surface area contributed by atoms with Gasteiger partial charge in [0.2, 0.25) is 5.91 Å². The van der Waals surface area contributed by atoms with Gasteiger partial charge < -0.3 is 14.5 Å². The molecule has 8 heteroatoms. The molecule has 2 amide bonds. The third kappa shape index (κ3) is 3.62. The first-order chi connectivity index (χ1) is 12.6. The first-order valence-electron chi connectivity index (χ1n) is 7.60. The van der Waals surface area contributed by atoms with Crippen LogP contribution in [0.5, 0.6) is 0 Å². The monoisotopic (exact) mass is 351 g/mol. The van der Waals surface area contributed by atoms with Crippen LogP contribution in [-0.4, -0.2) is 30.9 Å². The number of carbonyl (C=O) groups is 3. The third-order valence-corrected chi connectivity index (χ3v) is 3.57. The van der Waals surface area contributed by atoms with Gasteiger partial charge in [0, 0.05) is 6.08 Å². The van der Waals surface area contributed by atoms with Crippen molar-refractivity contribution < 1.29 is 23.5 Å². The van der Waals surface area contributed by atoms with E-state index in [1.807, 2.05) is 0 Å². The molecule has 130 valence electrons. The largest absolute Gasteiger partial charge is 0.465 e. The molecule has 0 atom stereocenters. The number of amides is 2. The molecule has 0 spiro atoms. The summed E-state index contributed by atoms with van der Waals surface area (Å²) in [5.41, 5.74) is 0.711. The van der Waals surface area contributed by atoms with E-state index in [-0.39, 0.29) is 18.0 Å². The van der Waals surface area contributed by atoms with Crippen LogP contribution in [0.2, 0.25) is 0 Å². The van der Waals surface area contributed by atoms with E-state index in [2.05, 4.69) is 5.32 Å². The Bertz CT molecular complexity index is 925. The van der Waals surface area contributed by atoms with Crippen LogP contribution in [-0.2, 0) is 19.1 Å². The van der Waals surface area contributed by atoms with Gasteiger partial charge in [0.15, 0.2) is 6.61 Å². The molecule has 1 N–H and O–H groups in total. The first kappa shape index (κ1) is 17.0. The van der Waals surface area contributed by atoms with Crippen molar-refractivity contribution in [2.45, 2.75) is 0 Å². The minimum atomic E-state index is -0.952. The van der Waals surface area contributed by atoms with Crippen LogP contribution >= 0.6 is 0 Å². The van der Waals surface area contributed by atoms with E-state index in [9.17, 15) is 14.4 Å². The van der Waals surface area contributed by atoms with Crippen molar-refractivity contribution in [1.29, 1.82) is 5.26 Å². The highest BCUT2D eigenvalue weighted by Gasteiger charge is 2.27. The molecule has 0 unspecified atom stereocenters. The van der Waals surface area contributed by atoms with E-state index >= 15 is 0 Å². The maximum atomic E-state index is 12.4. The zero-order chi connectivity index (χ0) is 18.5. The minimum Gasteiger partial charge on any atom is -0.465 e. The van der Waals surface area contributed by atoms with E-state index in [4.69, 9.17) is 14.4 Å². The second-order valence-corrected chi connectivity index (χ2v) is 5.31. The summed E-state index contributed by atoms with van der Waals surface area (Å²) < 4.78 is 9.95. The summed E-state index contributed by atoms with van der Waals surface area (Å²) in [6, 6.07) is 11.7. The first-order valence-corrected chi connectivity index (χ1v) is 7.60. The lowest BCUT2D eigenvalue weighted by atomic mass is 10.2. The number of ether oxygens (including phenoxy) is 1. The predicted octanol–water partition coefficient (Wildman–Crippen LogP) is 1.72. The highest BCUT2D eigenvalue weighted by Crippen LogP contribution is 2.28. The molecular weight excluding hydrogens is 338 g/mol. The van der Waals surface area contributed by atoms with E-state index in [0.29, 0.717) is 17.1 Å². The number of hydrogen-bond donors (Lipinski definition) is 1. The van der Waals surface area contributed by atoms with Gasteiger partial charge in [-0.15, -0.1) is 0 Å². The Morgan fingerprint density at radius 1 is 1.31 bits per heavy atom. The molecule has 2 aromatic rings. The molecule has 0 saturated heterocycles. The van der Waals surface area contributed by atoms with Crippen molar-refractivity contribution in [1.82, 2.24) is 0 Å². The summed E-state index contributed by atoms with van der Waals surface area (Å²) in [6.45, 7) is -0.779. The molecule has 1 aliphatic rings. The SMILES string of the molecule is N#C/C(=C\c1ccco1)C(=O)OCC(=O)N1CC(=O)Nc2ccccc21. The molecule has 0 fully saturated rings. The predicted molar refractivity (Wildman–Crippen MR) is 90.7 cm³/mol. The summed E-state index contributed by atoms with van der Waals surface area (Å²) in [4.78, 5) is 37.3. The van der Waals surface area contributed by atoms with Gasteiger partial charge in [-0.3, -0.25) is 14.5 Å². The van der Waals surface area contributed by atoms with Crippen LogP contribution < -0.4 is 10.2 Å². The highest BCUT2D eigenvalue weighted by molar-refractivity contribution is 6.10. The molecule has 1 aromatic carbocycles. The number of hydrogen-bond acceptors (Lipinski definition) is 6. The van der Waals surface area contributed by atoms with Gasteiger partial charge in [-0.25, -0.2) is 4.79 Å². The van der Waals surface area contributed by atoms with Crippen molar-refractivity contribution >= 4 is 35.2 Å². The lowest BCUT2D eigenvalue weighted by molar-refractivity contribution is -0.143. The number of para-hydroxylation sites is 2. The number of anilines is 2. The van der Waals surface area contributed by atoms with Gasteiger partial charge in [0.1, 0.15) is 23.9 Å². The minimum absolute atomic E-state index is 0.180. The quantitative estimate of drug-likeness (QED) is 0.510. The second-order valence-electron chi connectivity index (χ2n) is 5.31. The standard InChI is InChI=1S/C18H13N3O5/c19-9-12(8-13-4-3-7-25-13)18(24)26-11-17(23)21-10-16(22)20-14-5-1-2-6-15(14)21/h1-8H,10-11H2,(H,20,22)/b12-8+. The van der Waals surface area contributed by atoms with Crippen molar-refractivity contribution in [2.75, 3.05) is 23.4 Å². The highest BCUT2D eigenvalue weighted by atomic mass is 16.5. The Kier molecular flexibility index (Phi) is 4.80. The number of nitrogens with zero attached hydrogens (tertiary/aromatic N) is 2. The number of esters is 1. The molecule has 0 radical (unpaired) electrons. The maximum Gasteiger partial charge on any atom is 0.349 e. The van der Waals surface area contributed by atoms with Gasteiger partial charge in [-0.05, 0) is 24.3 Å². The molecule has 0 bridgehead atoms. The molecule has 0 aliphatic carbocycles. The molecular formula is C18H13N3O5. The third-order valence-electron chi connectivity index (χ3n) is 3.57. The van der Waals surface area contributed by atoms with Crippen molar-refractivity contribution in [2.24, 2.45) is 0 Å². The fourth-order valence-electron chi connectivity index (χ4n) is 2.39. The Labute approximate surface area is 148 Å². The average Bonchev–Trinajstić information content (AvgIpc) is 3.16. The Morgan fingerprint density at radius 3 is 2.85 bits per heavy atom. The van der Waals surface area contributed by atoms with E-state index in [0.717, 1.165) is 0 Å². The van der Waals surface area contributed by atoms with Gasteiger partial charge >= 0.3 is 5.97 Å². The molecule has 2 heterocycles.